The molecule has 0 aromatic carbocycles. The van der Waals surface area contributed by atoms with E-state index in [0.717, 1.165) is 6.42 Å². The lowest BCUT2D eigenvalue weighted by Crippen LogP contribution is -2.57. The first kappa shape index (κ1) is 36.4. The molecule has 5 amide bonds. The zero-order valence-corrected chi connectivity index (χ0v) is 27.1. The van der Waals surface area contributed by atoms with Gasteiger partial charge in [0.05, 0.1) is 18.6 Å². The van der Waals surface area contributed by atoms with E-state index in [-0.39, 0.29) is 30.1 Å². The van der Waals surface area contributed by atoms with E-state index in [2.05, 4.69) is 21.3 Å². The van der Waals surface area contributed by atoms with Crippen molar-refractivity contribution in [2.24, 2.45) is 17.8 Å². The maximum atomic E-state index is 13.4. The van der Waals surface area contributed by atoms with Gasteiger partial charge < -0.3 is 31.1 Å². The van der Waals surface area contributed by atoms with Crippen LogP contribution in [-0.4, -0.2) is 104 Å². The second kappa shape index (κ2) is 17.5. The van der Waals surface area contributed by atoms with Crippen molar-refractivity contribution in [1.82, 2.24) is 31.1 Å². The maximum Gasteiger partial charge on any atom is 0.290 e. The fraction of sp³-hybridized carbons (Fsp3) is 0.625. The summed E-state index contributed by atoms with van der Waals surface area (Å²) in [4.78, 5) is 81.4. The summed E-state index contributed by atoms with van der Waals surface area (Å²) in [6, 6.07) is -3.23. The number of likely N-dealkylation sites (N-methyl/N-ethyl adjacent to an activating group) is 2. The van der Waals surface area contributed by atoms with Crippen molar-refractivity contribution in [3.05, 3.63) is 36.5 Å². The third kappa shape index (κ3) is 10.1. The van der Waals surface area contributed by atoms with E-state index < -0.39 is 60.1 Å². The minimum atomic E-state index is -1.12. The molecule has 44 heavy (non-hydrogen) atoms. The molecule has 1 saturated heterocycles. The quantitative estimate of drug-likeness (QED) is 0.198. The molecule has 5 atom stereocenters. The van der Waals surface area contributed by atoms with E-state index in [1.165, 1.54) is 4.90 Å². The fourth-order valence-electron chi connectivity index (χ4n) is 5.32. The standard InChI is InChI=1S/C32H50N6O6/c1-8-21(4)18-23(35-29(41)24-16-13-17-38(24)32(44)26(33-5)20(2)3)28(40)30(42)34-19-25(39)36-27(31(43)37(6)7)22-14-11-9-10-12-15-22/h9-12,14-15,20-24,26-27,33H,8,13,16-19H2,1-7H3,(H,34,42)(H,35,41)(H,36,39). The summed E-state index contributed by atoms with van der Waals surface area (Å²) in [6.45, 7) is 7.61. The van der Waals surface area contributed by atoms with Gasteiger partial charge in [-0.3, -0.25) is 28.8 Å². The van der Waals surface area contributed by atoms with Crippen LogP contribution in [-0.2, 0) is 28.8 Å². The largest absolute Gasteiger partial charge is 0.347 e. The van der Waals surface area contributed by atoms with Crippen LogP contribution in [0.5, 0.6) is 0 Å². The molecule has 1 aliphatic carbocycles. The molecule has 1 heterocycles. The molecule has 1 fully saturated rings. The van der Waals surface area contributed by atoms with Gasteiger partial charge in [0.15, 0.2) is 0 Å². The third-order valence-corrected chi connectivity index (χ3v) is 8.09. The summed E-state index contributed by atoms with van der Waals surface area (Å²) < 4.78 is 0. The van der Waals surface area contributed by atoms with Crippen LogP contribution in [0.15, 0.2) is 36.5 Å². The Hall–Kier alpha value is -3.80. The van der Waals surface area contributed by atoms with Gasteiger partial charge in [0.1, 0.15) is 12.1 Å². The summed E-state index contributed by atoms with van der Waals surface area (Å²) in [7, 11) is 4.87. The summed E-state index contributed by atoms with van der Waals surface area (Å²) in [5, 5.41) is 10.8. The van der Waals surface area contributed by atoms with Gasteiger partial charge in [-0.1, -0.05) is 70.6 Å². The second-order valence-electron chi connectivity index (χ2n) is 12.1. The zero-order valence-electron chi connectivity index (χ0n) is 27.1. The second-order valence-corrected chi connectivity index (χ2v) is 12.1. The van der Waals surface area contributed by atoms with Crippen LogP contribution in [0.4, 0.5) is 0 Å². The predicted molar refractivity (Wildman–Crippen MR) is 168 cm³/mol. The molecule has 2 rings (SSSR count). The molecule has 0 bridgehead atoms. The molecule has 0 saturated carbocycles. The summed E-state index contributed by atoms with van der Waals surface area (Å²) in [5.74, 6) is -3.89. The van der Waals surface area contributed by atoms with Crippen molar-refractivity contribution >= 4 is 35.3 Å². The summed E-state index contributed by atoms with van der Waals surface area (Å²) in [6.07, 6.45) is 12.8. The van der Waals surface area contributed by atoms with Crippen LogP contribution in [0.25, 0.3) is 0 Å². The van der Waals surface area contributed by atoms with Crippen LogP contribution >= 0.6 is 0 Å². The number of carbonyl (C=O) groups is 6. The topological polar surface area (TPSA) is 157 Å². The van der Waals surface area contributed by atoms with Crippen molar-refractivity contribution in [2.75, 3.05) is 34.2 Å². The highest BCUT2D eigenvalue weighted by molar-refractivity contribution is 6.38. The first-order valence-corrected chi connectivity index (χ1v) is 15.4. The van der Waals surface area contributed by atoms with Gasteiger partial charge in [-0.15, -0.1) is 0 Å². The van der Waals surface area contributed by atoms with E-state index in [1.807, 2.05) is 39.8 Å². The van der Waals surface area contributed by atoms with Gasteiger partial charge in [-0.2, -0.15) is 0 Å². The number of Topliss-reactive ketones (excluding diaryl/α,β-unsaturated/α-hetero) is 1. The van der Waals surface area contributed by atoms with Gasteiger partial charge in [-0.25, -0.2) is 0 Å². The molecular weight excluding hydrogens is 564 g/mol. The Labute approximate surface area is 261 Å². The van der Waals surface area contributed by atoms with E-state index in [4.69, 9.17) is 0 Å². The fourth-order valence-corrected chi connectivity index (χ4v) is 5.32. The number of nitrogens with one attached hydrogen (secondary N) is 4. The average molecular weight is 615 g/mol. The highest BCUT2D eigenvalue weighted by atomic mass is 16.2. The molecule has 244 valence electrons. The van der Waals surface area contributed by atoms with Crippen LogP contribution in [0, 0.1) is 17.8 Å². The zero-order chi connectivity index (χ0) is 33.0. The number of nitrogens with zero attached hydrogens (tertiary/aromatic N) is 2. The van der Waals surface area contributed by atoms with E-state index in [9.17, 15) is 28.8 Å². The molecule has 0 radical (unpaired) electrons. The Kier molecular flexibility index (Phi) is 14.5. The molecule has 12 nitrogen and oxygen atoms in total. The van der Waals surface area contributed by atoms with Gasteiger partial charge >= 0.3 is 0 Å². The number of hydrogen-bond donors (Lipinski definition) is 4. The lowest BCUT2D eigenvalue weighted by molar-refractivity contribution is -0.143. The number of amides is 5. The predicted octanol–water partition coefficient (Wildman–Crippen LogP) is 0.699. The lowest BCUT2D eigenvalue weighted by atomic mass is 9.95. The lowest BCUT2D eigenvalue weighted by Gasteiger charge is -2.31. The Morgan fingerprint density at radius 1 is 0.955 bits per heavy atom. The number of carbonyl (C=O) groups excluding carboxylic acids is 6. The molecule has 12 heteroatoms. The van der Waals surface area contributed by atoms with Gasteiger partial charge in [0.25, 0.3) is 5.91 Å². The molecule has 5 unspecified atom stereocenters. The Bertz CT molecular complexity index is 1130. The molecule has 4 N–H and O–H groups in total. The maximum absolute atomic E-state index is 13.4. The van der Waals surface area contributed by atoms with Crippen molar-refractivity contribution in [2.45, 2.75) is 77.5 Å². The monoisotopic (exact) mass is 614 g/mol. The highest BCUT2D eigenvalue weighted by Gasteiger charge is 2.39. The van der Waals surface area contributed by atoms with Gasteiger partial charge in [0.2, 0.25) is 29.4 Å². The van der Waals surface area contributed by atoms with Crippen molar-refractivity contribution in [3.63, 3.8) is 0 Å². The van der Waals surface area contributed by atoms with Crippen LogP contribution in [0.1, 0.15) is 53.4 Å². The van der Waals surface area contributed by atoms with Gasteiger partial charge in [-0.05, 0) is 38.1 Å². The molecular formula is C32H50N6O6. The van der Waals surface area contributed by atoms with Crippen molar-refractivity contribution in [1.29, 1.82) is 0 Å². The Morgan fingerprint density at radius 3 is 2.14 bits per heavy atom. The number of rotatable bonds is 15. The first-order valence-electron chi connectivity index (χ1n) is 15.4. The number of allylic oxidation sites excluding steroid dienone is 4. The molecule has 0 aromatic rings. The van der Waals surface area contributed by atoms with Crippen LogP contribution in [0.2, 0.25) is 0 Å². The van der Waals surface area contributed by atoms with Gasteiger partial charge in [0, 0.05) is 26.6 Å². The normalized spacial score (nSPS) is 19.1. The summed E-state index contributed by atoms with van der Waals surface area (Å²) in [5.41, 5.74) is 0. The molecule has 0 aromatic heterocycles. The smallest absolute Gasteiger partial charge is 0.290 e. The van der Waals surface area contributed by atoms with Crippen molar-refractivity contribution in [3.8, 4) is 0 Å². The summed E-state index contributed by atoms with van der Waals surface area (Å²) >= 11 is 0. The molecule has 0 spiro atoms. The number of ketones is 1. The van der Waals surface area contributed by atoms with E-state index >= 15 is 0 Å². The van der Waals surface area contributed by atoms with Crippen LogP contribution < -0.4 is 21.3 Å². The van der Waals surface area contributed by atoms with Crippen LogP contribution in [0.3, 0.4) is 0 Å². The molecule has 1 aliphatic heterocycles. The Morgan fingerprint density at radius 2 is 1.59 bits per heavy atom. The average Bonchev–Trinajstić information content (AvgIpc) is 3.33. The highest BCUT2D eigenvalue weighted by Crippen LogP contribution is 2.21. The van der Waals surface area contributed by atoms with Crippen molar-refractivity contribution < 1.29 is 28.8 Å². The Balaban J connectivity index is 2.10. The SMILES string of the molecule is CCC(C)CC(NC(=O)C1CCCN1C(=O)C(NC)C(C)C)C(=O)C(=O)NCC(=O)NC(C(=O)N(C)C)C1C=CC=CC=C1. The minimum absolute atomic E-state index is 0.0178. The minimum Gasteiger partial charge on any atom is -0.347 e. The molecule has 2 aliphatic rings. The van der Waals surface area contributed by atoms with E-state index in [1.54, 1.807) is 50.3 Å². The number of likely N-dealkylation sites (tertiary alicyclic amines) is 1. The number of hydrogen-bond acceptors (Lipinski definition) is 7. The first-order chi connectivity index (χ1) is 20.8. The van der Waals surface area contributed by atoms with E-state index in [0.29, 0.717) is 19.4 Å². The third-order valence-electron chi connectivity index (χ3n) is 8.09.